The Bertz CT molecular complexity index is 630. The van der Waals surface area contributed by atoms with Gasteiger partial charge < -0.3 is 14.8 Å². The molecule has 2 aromatic carbocycles. The molecule has 0 radical (unpaired) electrons. The van der Waals surface area contributed by atoms with Gasteiger partial charge in [0.2, 0.25) is 0 Å². The van der Waals surface area contributed by atoms with Gasteiger partial charge in [0.05, 0.1) is 13.7 Å². The van der Waals surface area contributed by atoms with Gasteiger partial charge in [-0.2, -0.15) is 0 Å². The molecule has 2 aromatic rings. The van der Waals surface area contributed by atoms with Crippen LogP contribution in [-0.4, -0.2) is 19.8 Å². The minimum atomic E-state index is 0.156. The highest BCUT2D eigenvalue weighted by molar-refractivity contribution is 9.10. The first-order chi connectivity index (χ1) is 10.2. The van der Waals surface area contributed by atoms with Crippen molar-refractivity contribution in [2.24, 2.45) is 0 Å². The van der Waals surface area contributed by atoms with Gasteiger partial charge in [-0.15, -0.1) is 0 Å². The second-order valence-corrected chi connectivity index (χ2v) is 6.06. The molecule has 0 saturated heterocycles. The summed E-state index contributed by atoms with van der Waals surface area (Å²) in [6.07, 6.45) is 2.16. The lowest BCUT2D eigenvalue weighted by Gasteiger charge is -2.17. The van der Waals surface area contributed by atoms with Crippen LogP contribution in [0, 0.1) is 0 Å². The van der Waals surface area contributed by atoms with Gasteiger partial charge in [-0.3, -0.25) is 0 Å². The SMILES string of the molecule is COc1cccc(O[C@@H]2CCc3cc(Br)ccc3NC2)c1. The van der Waals surface area contributed by atoms with Gasteiger partial charge in [0.15, 0.2) is 0 Å². The van der Waals surface area contributed by atoms with Crippen LogP contribution in [0.3, 0.4) is 0 Å². The van der Waals surface area contributed by atoms with Crippen LogP contribution in [0.15, 0.2) is 46.9 Å². The first-order valence-electron chi connectivity index (χ1n) is 7.07. The molecule has 0 aliphatic carbocycles. The predicted molar refractivity (Wildman–Crippen MR) is 88.4 cm³/mol. The summed E-state index contributed by atoms with van der Waals surface area (Å²) >= 11 is 3.53. The zero-order valence-electron chi connectivity index (χ0n) is 11.9. The van der Waals surface area contributed by atoms with Crippen LogP contribution in [0.1, 0.15) is 12.0 Å². The highest BCUT2D eigenvalue weighted by atomic mass is 79.9. The minimum absolute atomic E-state index is 0.156. The second-order valence-electron chi connectivity index (χ2n) is 5.14. The summed E-state index contributed by atoms with van der Waals surface area (Å²) in [6, 6.07) is 14.1. The van der Waals surface area contributed by atoms with E-state index in [1.54, 1.807) is 7.11 Å². The number of hydrogen-bond acceptors (Lipinski definition) is 3. The largest absolute Gasteiger partial charge is 0.497 e. The topological polar surface area (TPSA) is 30.5 Å². The molecule has 1 heterocycles. The van der Waals surface area contributed by atoms with E-state index in [0.717, 1.165) is 35.4 Å². The van der Waals surface area contributed by atoms with Crippen molar-refractivity contribution < 1.29 is 9.47 Å². The first-order valence-corrected chi connectivity index (χ1v) is 7.87. The summed E-state index contributed by atoms with van der Waals surface area (Å²) in [4.78, 5) is 0. The lowest BCUT2D eigenvalue weighted by Crippen LogP contribution is -2.24. The molecule has 0 aromatic heterocycles. The molecule has 1 atom stereocenters. The molecule has 0 fully saturated rings. The van der Waals surface area contributed by atoms with E-state index < -0.39 is 0 Å². The zero-order valence-corrected chi connectivity index (χ0v) is 13.5. The molecule has 0 saturated carbocycles. The van der Waals surface area contributed by atoms with Crippen LogP contribution in [-0.2, 0) is 6.42 Å². The lowest BCUT2D eigenvalue weighted by molar-refractivity contribution is 0.205. The smallest absolute Gasteiger partial charge is 0.123 e. The van der Waals surface area contributed by atoms with Gasteiger partial charge in [0.25, 0.3) is 0 Å². The predicted octanol–water partition coefficient (Wildman–Crippen LogP) is 4.26. The van der Waals surface area contributed by atoms with Crippen LogP contribution >= 0.6 is 15.9 Å². The normalized spacial score (nSPS) is 17.3. The summed E-state index contributed by atoms with van der Waals surface area (Å²) in [6.45, 7) is 0.811. The number of fused-ring (bicyclic) bond motifs is 1. The summed E-state index contributed by atoms with van der Waals surface area (Å²) in [5.74, 6) is 1.68. The standard InChI is InChI=1S/C17H18BrNO2/c1-20-14-3-2-4-15(10-14)21-16-7-5-12-9-13(18)6-8-17(12)19-11-16/h2-4,6,8-10,16,19H,5,7,11H2,1H3/t16-/m1/s1. The average Bonchev–Trinajstić information content (AvgIpc) is 2.70. The van der Waals surface area contributed by atoms with Crippen molar-refractivity contribution in [3.63, 3.8) is 0 Å². The average molecular weight is 348 g/mol. The zero-order chi connectivity index (χ0) is 14.7. The quantitative estimate of drug-likeness (QED) is 0.899. The van der Waals surface area contributed by atoms with E-state index in [9.17, 15) is 0 Å². The number of methoxy groups -OCH3 is 1. The maximum Gasteiger partial charge on any atom is 0.123 e. The molecule has 4 heteroatoms. The number of hydrogen-bond donors (Lipinski definition) is 1. The van der Waals surface area contributed by atoms with Gasteiger partial charge in [-0.25, -0.2) is 0 Å². The Morgan fingerprint density at radius 1 is 1.14 bits per heavy atom. The van der Waals surface area contributed by atoms with Crippen molar-refractivity contribution in [3.05, 3.63) is 52.5 Å². The second kappa shape index (κ2) is 6.39. The highest BCUT2D eigenvalue weighted by Crippen LogP contribution is 2.27. The fourth-order valence-electron chi connectivity index (χ4n) is 2.55. The molecule has 3 rings (SSSR count). The third kappa shape index (κ3) is 3.50. The van der Waals surface area contributed by atoms with Gasteiger partial charge in [-0.1, -0.05) is 22.0 Å². The number of rotatable bonds is 3. The van der Waals surface area contributed by atoms with Crippen molar-refractivity contribution >= 4 is 21.6 Å². The Labute approximate surface area is 133 Å². The maximum atomic E-state index is 6.09. The third-order valence-electron chi connectivity index (χ3n) is 3.67. The Hall–Kier alpha value is -1.68. The lowest BCUT2D eigenvalue weighted by atomic mass is 10.1. The summed E-state index contributed by atoms with van der Waals surface area (Å²) in [7, 11) is 1.67. The van der Waals surface area contributed by atoms with Crippen molar-refractivity contribution in [2.75, 3.05) is 19.0 Å². The number of aryl methyl sites for hydroxylation is 1. The van der Waals surface area contributed by atoms with Crippen LogP contribution in [0.4, 0.5) is 5.69 Å². The van der Waals surface area contributed by atoms with Crippen molar-refractivity contribution in [1.29, 1.82) is 0 Å². The van der Waals surface area contributed by atoms with E-state index in [1.165, 1.54) is 11.3 Å². The van der Waals surface area contributed by atoms with Crippen LogP contribution in [0.25, 0.3) is 0 Å². The van der Waals surface area contributed by atoms with Crippen LogP contribution < -0.4 is 14.8 Å². The fraction of sp³-hybridized carbons (Fsp3) is 0.294. The molecular weight excluding hydrogens is 330 g/mol. The van der Waals surface area contributed by atoms with Crippen molar-refractivity contribution in [1.82, 2.24) is 0 Å². The Balaban J connectivity index is 1.69. The molecule has 1 aliphatic rings. The number of ether oxygens (including phenoxy) is 2. The van der Waals surface area contributed by atoms with Gasteiger partial charge in [-0.05, 0) is 48.7 Å². The van der Waals surface area contributed by atoms with E-state index in [-0.39, 0.29) is 6.10 Å². The summed E-state index contributed by atoms with van der Waals surface area (Å²) in [5, 5.41) is 3.47. The fourth-order valence-corrected chi connectivity index (χ4v) is 2.96. The van der Waals surface area contributed by atoms with Crippen LogP contribution in [0.2, 0.25) is 0 Å². The summed E-state index contributed by atoms with van der Waals surface area (Å²) in [5.41, 5.74) is 2.54. The third-order valence-corrected chi connectivity index (χ3v) is 4.16. The highest BCUT2D eigenvalue weighted by Gasteiger charge is 2.17. The van der Waals surface area contributed by atoms with Crippen molar-refractivity contribution in [3.8, 4) is 11.5 Å². The Kier molecular flexibility index (Phi) is 4.34. The molecule has 3 nitrogen and oxygen atoms in total. The number of anilines is 1. The molecule has 1 N–H and O–H groups in total. The molecule has 110 valence electrons. The van der Waals surface area contributed by atoms with Gasteiger partial charge in [0, 0.05) is 16.2 Å². The van der Waals surface area contributed by atoms with E-state index in [0.29, 0.717) is 0 Å². The summed E-state index contributed by atoms with van der Waals surface area (Å²) < 4.78 is 12.4. The molecule has 0 spiro atoms. The van der Waals surface area contributed by atoms with Crippen LogP contribution in [0.5, 0.6) is 11.5 Å². The van der Waals surface area contributed by atoms with E-state index in [4.69, 9.17) is 9.47 Å². The van der Waals surface area contributed by atoms with Crippen molar-refractivity contribution in [2.45, 2.75) is 18.9 Å². The van der Waals surface area contributed by atoms with Gasteiger partial charge >= 0.3 is 0 Å². The molecule has 0 unspecified atom stereocenters. The Morgan fingerprint density at radius 2 is 2.00 bits per heavy atom. The number of nitrogens with one attached hydrogen (secondary N) is 1. The minimum Gasteiger partial charge on any atom is -0.497 e. The number of halogens is 1. The first kappa shape index (κ1) is 14.3. The maximum absolute atomic E-state index is 6.09. The van der Waals surface area contributed by atoms with E-state index >= 15 is 0 Å². The molecule has 0 bridgehead atoms. The molecule has 1 aliphatic heterocycles. The molecule has 21 heavy (non-hydrogen) atoms. The van der Waals surface area contributed by atoms with Gasteiger partial charge in [0.1, 0.15) is 17.6 Å². The van der Waals surface area contributed by atoms with E-state index in [1.807, 2.05) is 24.3 Å². The van der Waals surface area contributed by atoms with E-state index in [2.05, 4.69) is 39.4 Å². The molecule has 0 amide bonds. The monoisotopic (exact) mass is 347 g/mol. The number of benzene rings is 2. The molecular formula is C17H18BrNO2. The Morgan fingerprint density at radius 3 is 2.86 bits per heavy atom.